The van der Waals surface area contributed by atoms with E-state index in [0.29, 0.717) is 29.2 Å². The summed E-state index contributed by atoms with van der Waals surface area (Å²) in [5.41, 5.74) is 2.84. The van der Waals surface area contributed by atoms with Gasteiger partial charge in [0.2, 0.25) is 0 Å². The molecular formula is C37H43FO9. The van der Waals surface area contributed by atoms with Gasteiger partial charge in [-0.2, -0.15) is 0 Å². The van der Waals surface area contributed by atoms with E-state index in [1.807, 2.05) is 36.4 Å². The lowest BCUT2D eigenvalue weighted by Gasteiger charge is -2.16. The van der Waals surface area contributed by atoms with E-state index in [1.54, 1.807) is 12.1 Å². The zero-order chi connectivity index (χ0) is 34.0. The van der Waals surface area contributed by atoms with Gasteiger partial charge < -0.3 is 33.9 Å². The first-order valence-corrected chi connectivity index (χ1v) is 15.6. The van der Waals surface area contributed by atoms with Crippen LogP contribution in [0.25, 0.3) is 22.3 Å². The molecule has 0 saturated carbocycles. The Morgan fingerprint density at radius 2 is 1.30 bits per heavy atom. The fourth-order valence-corrected chi connectivity index (χ4v) is 4.43. The first kappa shape index (κ1) is 36.8. The first-order valence-electron chi connectivity index (χ1n) is 15.6. The van der Waals surface area contributed by atoms with E-state index in [4.69, 9.17) is 33.9 Å². The average molecular weight is 651 g/mol. The Kier molecular flexibility index (Phi) is 15.5. The molecular weight excluding hydrogens is 607 g/mol. The first-order chi connectivity index (χ1) is 22.7. The van der Waals surface area contributed by atoms with Crippen LogP contribution in [0.5, 0.6) is 17.2 Å². The van der Waals surface area contributed by atoms with Gasteiger partial charge in [0.15, 0.2) is 0 Å². The summed E-state index contributed by atoms with van der Waals surface area (Å²) in [5.74, 6) is -0.457. The number of aliphatic hydroxyl groups excluding tert-OH is 2. The minimum atomic E-state index is -0.725. The van der Waals surface area contributed by atoms with Gasteiger partial charge in [-0.05, 0) is 53.4 Å². The Morgan fingerprint density at radius 1 is 0.660 bits per heavy atom. The van der Waals surface area contributed by atoms with Crippen LogP contribution in [0.3, 0.4) is 0 Å². The van der Waals surface area contributed by atoms with Gasteiger partial charge >= 0.3 is 11.9 Å². The lowest BCUT2D eigenvalue weighted by atomic mass is 9.98. The van der Waals surface area contributed by atoms with Crippen LogP contribution in [0, 0.1) is 5.82 Å². The molecule has 2 N–H and O–H groups in total. The van der Waals surface area contributed by atoms with E-state index in [9.17, 15) is 14.0 Å². The standard InChI is InChI=1S/C37H43FO9/c1-4-5-6-7-8-14-45-35-22-28(30-19-31(38)23-33(21-30)44-16-18-47-37(42)27(3)25-40)12-13-34(35)29-10-9-11-32(20-29)43-15-17-46-36(41)26(2)24-39/h9-13,19-23,39-40H,2-8,14-18,24-25H2,1H3. The van der Waals surface area contributed by atoms with Crippen molar-refractivity contribution in [1.82, 2.24) is 0 Å². The predicted octanol–water partition coefficient (Wildman–Crippen LogP) is 6.45. The van der Waals surface area contributed by atoms with Gasteiger partial charge in [-0.25, -0.2) is 14.0 Å². The number of hydrogen-bond acceptors (Lipinski definition) is 9. The van der Waals surface area contributed by atoms with Crippen LogP contribution < -0.4 is 14.2 Å². The number of halogens is 1. The molecule has 0 spiro atoms. The van der Waals surface area contributed by atoms with Gasteiger partial charge in [-0.3, -0.25) is 0 Å². The molecule has 9 nitrogen and oxygen atoms in total. The summed E-state index contributed by atoms with van der Waals surface area (Å²) in [4.78, 5) is 23.4. The van der Waals surface area contributed by atoms with Crippen molar-refractivity contribution in [1.29, 1.82) is 0 Å². The van der Waals surface area contributed by atoms with Gasteiger partial charge in [0.05, 0.1) is 31.0 Å². The molecule has 47 heavy (non-hydrogen) atoms. The lowest BCUT2D eigenvalue weighted by molar-refractivity contribution is -0.141. The molecule has 0 amide bonds. The smallest absolute Gasteiger partial charge is 0.335 e. The molecule has 0 heterocycles. The van der Waals surface area contributed by atoms with Crippen molar-refractivity contribution in [2.45, 2.75) is 39.0 Å². The SMILES string of the molecule is C=C(CO)C(=O)OCCOc1cc(F)cc(-c2ccc(-c3cccc(OCCOC(=O)C(=C)CO)c3)c(OCCCCCCC)c2)c1. The topological polar surface area (TPSA) is 121 Å². The minimum absolute atomic E-state index is 0.00682. The number of rotatable bonds is 21. The molecule has 3 rings (SSSR count). The summed E-state index contributed by atoms with van der Waals surface area (Å²) in [6.07, 6.45) is 5.40. The molecule has 3 aromatic carbocycles. The maximum atomic E-state index is 14.7. The van der Waals surface area contributed by atoms with Crippen molar-refractivity contribution in [3.63, 3.8) is 0 Å². The third-order valence-electron chi connectivity index (χ3n) is 6.97. The summed E-state index contributed by atoms with van der Waals surface area (Å²) in [6.45, 7) is 8.55. The van der Waals surface area contributed by atoms with E-state index in [-0.39, 0.29) is 43.3 Å². The number of carbonyl (C=O) groups is 2. The fourth-order valence-electron chi connectivity index (χ4n) is 4.43. The van der Waals surface area contributed by atoms with Crippen LogP contribution in [-0.4, -0.2) is 68.4 Å². The van der Waals surface area contributed by atoms with Crippen LogP contribution in [0.1, 0.15) is 39.0 Å². The van der Waals surface area contributed by atoms with Gasteiger partial charge in [0.25, 0.3) is 0 Å². The number of aliphatic hydroxyl groups is 2. The van der Waals surface area contributed by atoms with Gasteiger partial charge in [-0.1, -0.05) is 70.0 Å². The third-order valence-corrected chi connectivity index (χ3v) is 6.97. The minimum Gasteiger partial charge on any atom is -0.493 e. The Labute approximate surface area is 275 Å². The van der Waals surface area contributed by atoms with E-state index in [2.05, 4.69) is 20.1 Å². The molecule has 0 aromatic heterocycles. The summed E-state index contributed by atoms with van der Waals surface area (Å²) >= 11 is 0. The Balaban J connectivity index is 1.78. The molecule has 0 fully saturated rings. The largest absolute Gasteiger partial charge is 0.493 e. The van der Waals surface area contributed by atoms with Crippen molar-refractivity contribution in [3.8, 4) is 39.5 Å². The Morgan fingerprint density at radius 3 is 1.96 bits per heavy atom. The second-order valence-electron chi connectivity index (χ2n) is 10.7. The van der Waals surface area contributed by atoms with E-state index < -0.39 is 31.0 Å². The van der Waals surface area contributed by atoms with E-state index in [1.165, 1.54) is 18.6 Å². The Hall–Kier alpha value is -4.67. The number of benzene rings is 3. The Bertz CT molecular complexity index is 1500. The van der Waals surface area contributed by atoms with Gasteiger partial charge in [0.1, 0.15) is 49.5 Å². The second-order valence-corrected chi connectivity index (χ2v) is 10.7. The highest BCUT2D eigenvalue weighted by molar-refractivity contribution is 5.88. The van der Waals surface area contributed by atoms with E-state index >= 15 is 0 Å². The predicted molar refractivity (Wildman–Crippen MR) is 177 cm³/mol. The molecule has 0 aliphatic heterocycles. The molecule has 0 saturated heterocycles. The molecule has 0 unspecified atom stereocenters. The molecule has 10 heteroatoms. The molecule has 0 atom stereocenters. The highest BCUT2D eigenvalue weighted by Gasteiger charge is 2.13. The number of esters is 2. The second kappa shape index (κ2) is 19.8. The number of unbranched alkanes of at least 4 members (excludes halogenated alkanes) is 4. The average Bonchev–Trinajstić information content (AvgIpc) is 3.08. The summed E-state index contributed by atoms with van der Waals surface area (Å²) < 4.78 is 42.4. The number of carbonyl (C=O) groups excluding carboxylic acids is 2. The van der Waals surface area contributed by atoms with Crippen LogP contribution in [-0.2, 0) is 19.1 Å². The van der Waals surface area contributed by atoms with Crippen LogP contribution in [0.4, 0.5) is 4.39 Å². The third kappa shape index (κ3) is 12.2. The molecule has 0 radical (unpaired) electrons. The maximum Gasteiger partial charge on any atom is 0.335 e. The molecule has 252 valence electrons. The molecule has 3 aromatic rings. The summed E-state index contributed by atoms with van der Waals surface area (Å²) in [6, 6.07) is 17.4. The van der Waals surface area contributed by atoms with Crippen molar-refractivity contribution in [2.75, 3.05) is 46.2 Å². The van der Waals surface area contributed by atoms with Gasteiger partial charge in [-0.15, -0.1) is 0 Å². The normalized spacial score (nSPS) is 10.6. The monoisotopic (exact) mass is 650 g/mol. The van der Waals surface area contributed by atoms with Crippen LogP contribution in [0.15, 0.2) is 85.0 Å². The van der Waals surface area contributed by atoms with Crippen molar-refractivity contribution < 1.29 is 47.9 Å². The zero-order valence-electron chi connectivity index (χ0n) is 26.8. The summed E-state index contributed by atoms with van der Waals surface area (Å²) in [7, 11) is 0. The highest BCUT2D eigenvalue weighted by atomic mass is 19.1. The van der Waals surface area contributed by atoms with Crippen molar-refractivity contribution in [2.24, 2.45) is 0 Å². The highest BCUT2D eigenvalue weighted by Crippen LogP contribution is 2.37. The fraction of sp³-hybridized carbons (Fsp3) is 0.351. The summed E-state index contributed by atoms with van der Waals surface area (Å²) in [5, 5.41) is 18.0. The number of ether oxygens (including phenoxy) is 5. The molecule has 0 bridgehead atoms. The van der Waals surface area contributed by atoms with Crippen LogP contribution in [0.2, 0.25) is 0 Å². The van der Waals surface area contributed by atoms with Crippen molar-refractivity contribution in [3.05, 3.63) is 90.8 Å². The van der Waals surface area contributed by atoms with Crippen molar-refractivity contribution >= 4 is 11.9 Å². The maximum absolute atomic E-state index is 14.7. The number of hydrogen-bond donors (Lipinski definition) is 2. The van der Waals surface area contributed by atoms with E-state index in [0.717, 1.165) is 36.8 Å². The zero-order valence-corrected chi connectivity index (χ0v) is 26.8. The van der Waals surface area contributed by atoms with Crippen LogP contribution >= 0.6 is 0 Å². The molecule has 0 aliphatic carbocycles. The quantitative estimate of drug-likeness (QED) is 0.0761. The lowest BCUT2D eigenvalue weighted by Crippen LogP contribution is -2.15. The van der Waals surface area contributed by atoms with Gasteiger partial charge in [0, 0.05) is 11.6 Å². The molecule has 0 aliphatic rings.